The van der Waals surface area contributed by atoms with Crippen LogP contribution in [0.3, 0.4) is 0 Å². The molecule has 0 saturated heterocycles. The van der Waals surface area contributed by atoms with E-state index in [2.05, 4.69) is 38.2 Å². The van der Waals surface area contributed by atoms with Crippen LogP contribution in [0, 0.1) is 0 Å². The SMILES string of the molecule is CCCCCCCCC/C=C\CCCCCCCC(=O)OC(/C=C\CCCCCCCCC)CCCCCCCCC(=O)O. The van der Waals surface area contributed by atoms with Gasteiger partial charge in [-0.15, -0.1) is 0 Å². The summed E-state index contributed by atoms with van der Waals surface area (Å²) in [5.74, 6) is -0.743. The summed E-state index contributed by atoms with van der Waals surface area (Å²) >= 11 is 0. The zero-order chi connectivity index (χ0) is 32.2. The van der Waals surface area contributed by atoms with Gasteiger partial charge in [0.15, 0.2) is 0 Å². The van der Waals surface area contributed by atoms with Crippen molar-refractivity contribution in [1.29, 1.82) is 0 Å². The number of carbonyl (C=O) groups excluding carboxylic acids is 1. The van der Waals surface area contributed by atoms with E-state index in [1.807, 2.05) is 0 Å². The Labute approximate surface area is 274 Å². The Morgan fingerprint density at radius 2 is 0.886 bits per heavy atom. The molecule has 1 atom stereocenters. The molecule has 1 N–H and O–H groups in total. The van der Waals surface area contributed by atoms with Gasteiger partial charge in [0.2, 0.25) is 0 Å². The molecule has 0 rings (SSSR count). The number of allylic oxidation sites excluding steroid dienone is 3. The molecule has 258 valence electrons. The van der Waals surface area contributed by atoms with Crippen LogP contribution in [0.4, 0.5) is 0 Å². The van der Waals surface area contributed by atoms with Gasteiger partial charge in [0.1, 0.15) is 6.10 Å². The van der Waals surface area contributed by atoms with Crippen molar-refractivity contribution in [2.45, 2.75) is 219 Å². The molecule has 0 aromatic carbocycles. The highest BCUT2D eigenvalue weighted by Crippen LogP contribution is 2.16. The van der Waals surface area contributed by atoms with Crippen LogP contribution >= 0.6 is 0 Å². The van der Waals surface area contributed by atoms with Crippen LogP contribution in [0.15, 0.2) is 24.3 Å². The van der Waals surface area contributed by atoms with Crippen LogP contribution < -0.4 is 0 Å². The third kappa shape index (κ3) is 34.9. The molecule has 0 radical (unpaired) electrons. The number of hydrogen-bond donors (Lipinski definition) is 1. The topological polar surface area (TPSA) is 63.6 Å². The van der Waals surface area contributed by atoms with Crippen LogP contribution in [0.2, 0.25) is 0 Å². The quantitative estimate of drug-likeness (QED) is 0.0436. The largest absolute Gasteiger partial charge is 0.481 e. The van der Waals surface area contributed by atoms with E-state index in [1.54, 1.807) is 0 Å². The van der Waals surface area contributed by atoms with Gasteiger partial charge in [-0.2, -0.15) is 0 Å². The van der Waals surface area contributed by atoms with E-state index in [0.29, 0.717) is 6.42 Å². The van der Waals surface area contributed by atoms with E-state index < -0.39 is 5.97 Å². The Morgan fingerprint density at radius 1 is 0.500 bits per heavy atom. The second kappa shape index (κ2) is 35.9. The highest BCUT2D eigenvalue weighted by atomic mass is 16.5. The van der Waals surface area contributed by atoms with Crippen molar-refractivity contribution < 1.29 is 19.4 Å². The lowest BCUT2D eigenvalue weighted by atomic mass is 10.0. The van der Waals surface area contributed by atoms with Crippen LogP contribution in [0.25, 0.3) is 0 Å². The predicted octanol–water partition coefficient (Wildman–Crippen LogP) is 13.2. The van der Waals surface area contributed by atoms with Crippen LogP contribution in [-0.2, 0) is 14.3 Å². The maximum atomic E-state index is 12.6. The van der Waals surface area contributed by atoms with Crippen molar-refractivity contribution in [2.24, 2.45) is 0 Å². The molecule has 0 fully saturated rings. The Hall–Kier alpha value is -1.58. The molecule has 44 heavy (non-hydrogen) atoms. The van der Waals surface area contributed by atoms with E-state index in [4.69, 9.17) is 9.84 Å². The number of ether oxygens (including phenoxy) is 1. The molecule has 0 aliphatic carbocycles. The van der Waals surface area contributed by atoms with E-state index in [0.717, 1.165) is 64.2 Å². The smallest absolute Gasteiger partial charge is 0.306 e. The number of esters is 1. The fraction of sp³-hybridized carbons (Fsp3) is 0.850. The maximum Gasteiger partial charge on any atom is 0.306 e. The minimum absolute atomic E-state index is 0.0439. The first-order valence-electron chi connectivity index (χ1n) is 19.3. The van der Waals surface area contributed by atoms with Crippen molar-refractivity contribution in [3.63, 3.8) is 0 Å². The Balaban J connectivity index is 4.06. The first kappa shape index (κ1) is 42.4. The first-order chi connectivity index (χ1) is 21.6. The Bertz CT molecular complexity index is 668. The maximum absolute atomic E-state index is 12.6. The average molecular weight is 619 g/mol. The molecule has 0 aliphatic rings. The van der Waals surface area contributed by atoms with Crippen molar-refractivity contribution >= 4 is 11.9 Å². The fourth-order valence-electron chi connectivity index (χ4n) is 5.74. The number of carboxylic acid groups (broad SMARTS) is 1. The molecule has 0 aromatic heterocycles. The fourth-order valence-corrected chi connectivity index (χ4v) is 5.74. The van der Waals surface area contributed by atoms with Crippen molar-refractivity contribution in [3.8, 4) is 0 Å². The minimum Gasteiger partial charge on any atom is -0.481 e. The molecule has 0 aromatic rings. The van der Waals surface area contributed by atoms with Gasteiger partial charge >= 0.3 is 11.9 Å². The molecule has 4 nitrogen and oxygen atoms in total. The number of aliphatic carboxylic acids is 1. The molecule has 0 heterocycles. The average Bonchev–Trinajstić information content (AvgIpc) is 3.01. The minimum atomic E-state index is -0.699. The predicted molar refractivity (Wildman–Crippen MR) is 190 cm³/mol. The van der Waals surface area contributed by atoms with Gasteiger partial charge in [-0.1, -0.05) is 154 Å². The molecule has 0 spiro atoms. The lowest BCUT2D eigenvalue weighted by Gasteiger charge is -2.15. The summed E-state index contributed by atoms with van der Waals surface area (Å²) in [5, 5.41) is 8.77. The number of carbonyl (C=O) groups is 2. The second-order valence-corrected chi connectivity index (χ2v) is 13.1. The molecule has 0 saturated carbocycles. The van der Waals surface area contributed by atoms with Crippen LogP contribution in [0.1, 0.15) is 213 Å². The molecule has 4 heteroatoms. The second-order valence-electron chi connectivity index (χ2n) is 13.1. The van der Waals surface area contributed by atoms with Gasteiger partial charge in [-0.3, -0.25) is 9.59 Å². The molecule has 0 amide bonds. The summed E-state index contributed by atoms with van der Waals surface area (Å²) in [6.07, 6.45) is 44.9. The Morgan fingerprint density at radius 3 is 1.36 bits per heavy atom. The normalized spacial score (nSPS) is 12.4. The monoisotopic (exact) mass is 619 g/mol. The summed E-state index contributed by atoms with van der Waals surface area (Å²) in [7, 11) is 0. The van der Waals surface area contributed by atoms with Gasteiger partial charge < -0.3 is 9.84 Å². The standard InChI is InChI=1S/C40H74O4/c1-3-5-7-9-11-13-14-15-16-17-18-19-21-23-29-33-37-40(43)44-38(34-30-26-22-20-12-10-8-6-4-2)35-31-27-24-25-28-32-36-39(41)42/h16-17,30,34,38H,3-15,18-29,31-33,35-37H2,1-2H3,(H,41,42)/b17-16-,34-30-. The Kier molecular flexibility index (Phi) is 34.6. The zero-order valence-corrected chi connectivity index (χ0v) is 29.5. The molecule has 0 aliphatic heterocycles. The van der Waals surface area contributed by atoms with Crippen LogP contribution in [-0.4, -0.2) is 23.1 Å². The summed E-state index contributed by atoms with van der Waals surface area (Å²) in [6, 6.07) is 0. The van der Waals surface area contributed by atoms with Gasteiger partial charge in [0.05, 0.1) is 0 Å². The molecule has 1 unspecified atom stereocenters. The summed E-state index contributed by atoms with van der Waals surface area (Å²) in [5.41, 5.74) is 0. The van der Waals surface area contributed by atoms with E-state index >= 15 is 0 Å². The number of rotatable bonds is 35. The van der Waals surface area contributed by atoms with Gasteiger partial charge in [0, 0.05) is 12.8 Å². The van der Waals surface area contributed by atoms with E-state index in [-0.39, 0.29) is 18.5 Å². The lowest BCUT2D eigenvalue weighted by Crippen LogP contribution is -2.16. The third-order valence-electron chi connectivity index (χ3n) is 8.63. The number of carboxylic acids is 1. The van der Waals surface area contributed by atoms with Gasteiger partial charge in [-0.05, 0) is 70.3 Å². The van der Waals surface area contributed by atoms with Crippen LogP contribution in [0.5, 0.6) is 0 Å². The summed E-state index contributed by atoms with van der Waals surface area (Å²) in [6.45, 7) is 4.53. The third-order valence-corrected chi connectivity index (χ3v) is 8.63. The first-order valence-corrected chi connectivity index (χ1v) is 19.3. The zero-order valence-electron chi connectivity index (χ0n) is 29.5. The van der Waals surface area contributed by atoms with Gasteiger partial charge in [0.25, 0.3) is 0 Å². The van der Waals surface area contributed by atoms with E-state index in [1.165, 1.54) is 122 Å². The molecular weight excluding hydrogens is 544 g/mol. The van der Waals surface area contributed by atoms with Crippen molar-refractivity contribution in [1.82, 2.24) is 0 Å². The lowest BCUT2D eigenvalue weighted by molar-refractivity contribution is -0.147. The van der Waals surface area contributed by atoms with E-state index in [9.17, 15) is 9.59 Å². The molecular formula is C40H74O4. The number of unbranched alkanes of at least 4 members (excludes halogenated alkanes) is 24. The highest BCUT2D eigenvalue weighted by molar-refractivity contribution is 5.69. The number of hydrogen-bond acceptors (Lipinski definition) is 3. The summed E-state index contributed by atoms with van der Waals surface area (Å²) in [4.78, 5) is 23.3. The summed E-state index contributed by atoms with van der Waals surface area (Å²) < 4.78 is 5.92. The molecule has 0 bridgehead atoms. The highest BCUT2D eigenvalue weighted by Gasteiger charge is 2.11. The van der Waals surface area contributed by atoms with Crippen molar-refractivity contribution in [3.05, 3.63) is 24.3 Å². The van der Waals surface area contributed by atoms with Gasteiger partial charge in [-0.25, -0.2) is 0 Å². The van der Waals surface area contributed by atoms with Crippen molar-refractivity contribution in [2.75, 3.05) is 0 Å².